The molecule has 0 spiro atoms. The molecule has 0 N–H and O–H groups in total. The first-order valence-electron chi connectivity index (χ1n) is 5.54. The van der Waals surface area contributed by atoms with Crippen LogP contribution in [0.5, 0.6) is 0 Å². The summed E-state index contributed by atoms with van der Waals surface area (Å²) in [5, 5.41) is 0. The zero-order valence-electron chi connectivity index (χ0n) is 9.77. The van der Waals surface area contributed by atoms with Gasteiger partial charge < -0.3 is 9.64 Å². The van der Waals surface area contributed by atoms with Crippen molar-refractivity contribution in [3.8, 4) is 0 Å². The van der Waals surface area contributed by atoms with Gasteiger partial charge in [-0.2, -0.15) is 0 Å². The number of nitrogens with zero attached hydrogens (tertiary/aromatic N) is 1. The predicted molar refractivity (Wildman–Crippen MR) is 62.4 cm³/mol. The first-order chi connectivity index (χ1) is 7.70. The van der Waals surface area contributed by atoms with Gasteiger partial charge in [-0.25, -0.2) is 0 Å². The second-order valence-corrected chi connectivity index (χ2v) is 4.34. The van der Waals surface area contributed by atoms with Gasteiger partial charge in [0.15, 0.2) is 0 Å². The quantitative estimate of drug-likeness (QED) is 0.772. The minimum absolute atomic E-state index is 0.0888. The molecule has 1 amide bonds. The molecule has 3 heteroatoms. The van der Waals surface area contributed by atoms with Gasteiger partial charge in [-0.3, -0.25) is 4.79 Å². The SMILES string of the molecule is COCC(=O)N1CC(c2ccc(C)cc2)C1. The van der Waals surface area contributed by atoms with Crippen molar-refractivity contribution in [1.29, 1.82) is 0 Å². The van der Waals surface area contributed by atoms with Gasteiger partial charge >= 0.3 is 0 Å². The second kappa shape index (κ2) is 4.66. The van der Waals surface area contributed by atoms with E-state index in [0.29, 0.717) is 5.92 Å². The topological polar surface area (TPSA) is 29.5 Å². The Bertz CT molecular complexity index is 366. The van der Waals surface area contributed by atoms with Crippen LogP contribution < -0.4 is 0 Å². The minimum atomic E-state index is 0.0888. The summed E-state index contributed by atoms with van der Waals surface area (Å²) in [5.41, 5.74) is 2.60. The van der Waals surface area contributed by atoms with Crippen molar-refractivity contribution < 1.29 is 9.53 Å². The van der Waals surface area contributed by atoms with Crippen molar-refractivity contribution in [3.05, 3.63) is 35.4 Å². The smallest absolute Gasteiger partial charge is 0.248 e. The molecular weight excluding hydrogens is 202 g/mol. The summed E-state index contributed by atoms with van der Waals surface area (Å²) in [4.78, 5) is 13.3. The number of methoxy groups -OCH3 is 1. The lowest BCUT2D eigenvalue weighted by atomic mass is 9.91. The molecule has 0 bridgehead atoms. The summed E-state index contributed by atoms with van der Waals surface area (Å²) in [5.74, 6) is 0.590. The number of rotatable bonds is 3. The van der Waals surface area contributed by atoms with E-state index in [0.717, 1.165) is 13.1 Å². The number of aryl methyl sites for hydroxylation is 1. The summed E-state index contributed by atoms with van der Waals surface area (Å²) in [6.07, 6.45) is 0. The Morgan fingerprint density at radius 1 is 1.38 bits per heavy atom. The zero-order chi connectivity index (χ0) is 11.5. The van der Waals surface area contributed by atoms with Gasteiger partial charge in [0.25, 0.3) is 0 Å². The highest BCUT2D eigenvalue weighted by Gasteiger charge is 2.31. The second-order valence-electron chi connectivity index (χ2n) is 4.34. The van der Waals surface area contributed by atoms with Gasteiger partial charge in [0.1, 0.15) is 6.61 Å². The number of benzene rings is 1. The van der Waals surface area contributed by atoms with Gasteiger partial charge in [-0.1, -0.05) is 29.8 Å². The number of carbonyl (C=O) groups excluding carboxylic acids is 1. The van der Waals surface area contributed by atoms with E-state index in [1.54, 1.807) is 7.11 Å². The molecule has 16 heavy (non-hydrogen) atoms. The van der Waals surface area contributed by atoms with Crippen LogP contribution in [0, 0.1) is 6.92 Å². The molecule has 1 aromatic rings. The van der Waals surface area contributed by atoms with E-state index in [1.807, 2.05) is 4.90 Å². The van der Waals surface area contributed by atoms with Crippen LogP contribution >= 0.6 is 0 Å². The molecule has 1 aromatic carbocycles. The largest absolute Gasteiger partial charge is 0.375 e. The summed E-state index contributed by atoms with van der Waals surface area (Å²) in [6.45, 7) is 3.93. The molecule has 1 saturated heterocycles. The summed E-state index contributed by atoms with van der Waals surface area (Å²) >= 11 is 0. The molecule has 0 unspecified atom stereocenters. The Kier molecular flexibility index (Phi) is 3.25. The number of likely N-dealkylation sites (tertiary alicyclic amines) is 1. The number of amides is 1. The number of carbonyl (C=O) groups is 1. The molecule has 1 aliphatic heterocycles. The summed E-state index contributed by atoms with van der Waals surface area (Å²) < 4.78 is 4.83. The van der Waals surface area contributed by atoms with Crippen LogP contribution in [0.25, 0.3) is 0 Å². The lowest BCUT2D eigenvalue weighted by Gasteiger charge is -2.39. The van der Waals surface area contributed by atoms with Crippen LogP contribution in [0.1, 0.15) is 17.0 Å². The third kappa shape index (κ3) is 2.25. The van der Waals surface area contributed by atoms with Gasteiger partial charge in [-0.05, 0) is 12.5 Å². The molecule has 3 nitrogen and oxygen atoms in total. The zero-order valence-corrected chi connectivity index (χ0v) is 9.77. The summed E-state index contributed by atoms with van der Waals surface area (Å²) in [7, 11) is 1.55. The van der Waals surface area contributed by atoms with E-state index in [4.69, 9.17) is 4.74 Å². The fourth-order valence-electron chi connectivity index (χ4n) is 1.95. The van der Waals surface area contributed by atoms with E-state index in [-0.39, 0.29) is 12.5 Å². The highest BCUT2D eigenvalue weighted by molar-refractivity contribution is 5.78. The number of ether oxygens (including phenoxy) is 1. The first-order valence-corrected chi connectivity index (χ1v) is 5.54. The van der Waals surface area contributed by atoms with E-state index < -0.39 is 0 Å². The van der Waals surface area contributed by atoms with Gasteiger partial charge in [0.2, 0.25) is 5.91 Å². The fourth-order valence-corrected chi connectivity index (χ4v) is 1.95. The van der Waals surface area contributed by atoms with E-state index >= 15 is 0 Å². The Balaban J connectivity index is 1.88. The Labute approximate surface area is 96.0 Å². The van der Waals surface area contributed by atoms with Crippen LogP contribution in [0.3, 0.4) is 0 Å². The van der Waals surface area contributed by atoms with Crippen molar-refractivity contribution in [3.63, 3.8) is 0 Å². The Hall–Kier alpha value is -1.35. The average molecular weight is 219 g/mol. The minimum Gasteiger partial charge on any atom is -0.375 e. The monoisotopic (exact) mass is 219 g/mol. The Morgan fingerprint density at radius 3 is 2.56 bits per heavy atom. The maximum Gasteiger partial charge on any atom is 0.248 e. The molecule has 0 aliphatic carbocycles. The van der Waals surface area contributed by atoms with E-state index in [2.05, 4.69) is 31.2 Å². The van der Waals surface area contributed by atoms with Gasteiger partial charge in [0.05, 0.1) is 0 Å². The molecule has 0 radical (unpaired) electrons. The molecule has 86 valence electrons. The number of hydrogen-bond acceptors (Lipinski definition) is 2. The average Bonchev–Trinajstić information content (AvgIpc) is 2.19. The Morgan fingerprint density at radius 2 is 2.00 bits per heavy atom. The summed E-state index contributed by atoms with van der Waals surface area (Å²) in [6, 6.07) is 8.54. The van der Waals surface area contributed by atoms with Crippen molar-refractivity contribution in [2.24, 2.45) is 0 Å². The number of hydrogen-bond donors (Lipinski definition) is 0. The van der Waals surface area contributed by atoms with Crippen LogP contribution in [0.4, 0.5) is 0 Å². The van der Waals surface area contributed by atoms with Gasteiger partial charge in [0, 0.05) is 26.1 Å². The highest BCUT2D eigenvalue weighted by Crippen LogP contribution is 2.26. The lowest BCUT2D eigenvalue weighted by molar-refractivity contribution is -0.139. The lowest BCUT2D eigenvalue weighted by Crippen LogP contribution is -2.49. The third-order valence-corrected chi connectivity index (χ3v) is 3.05. The normalized spacial score (nSPS) is 16.0. The van der Waals surface area contributed by atoms with Gasteiger partial charge in [-0.15, -0.1) is 0 Å². The van der Waals surface area contributed by atoms with Crippen molar-refractivity contribution >= 4 is 5.91 Å². The molecular formula is C13H17NO2. The van der Waals surface area contributed by atoms with E-state index in [1.165, 1.54) is 11.1 Å². The molecule has 1 aliphatic rings. The van der Waals surface area contributed by atoms with Crippen LogP contribution in [0.2, 0.25) is 0 Å². The fraction of sp³-hybridized carbons (Fsp3) is 0.462. The maximum atomic E-state index is 11.5. The molecule has 1 fully saturated rings. The molecule has 0 aromatic heterocycles. The predicted octanol–water partition coefficient (Wildman–Crippen LogP) is 1.57. The molecule has 1 heterocycles. The molecule has 0 atom stereocenters. The van der Waals surface area contributed by atoms with Crippen molar-refractivity contribution in [2.45, 2.75) is 12.8 Å². The van der Waals surface area contributed by atoms with Crippen LogP contribution in [0.15, 0.2) is 24.3 Å². The van der Waals surface area contributed by atoms with Crippen molar-refractivity contribution in [1.82, 2.24) is 4.90 Å². The third-order valence-electron chi connectivity index (χ3n) is 3.05. The molecule has 0 saturated carbocycles. The highest BCUT2D eigenvalue weighted by atomic mass is 16.5. The van der Waals surface area contributed by atoms with Crippen LogP contribution in [-0.4, -0.2) is 37.6 Å². The van der Waals surface area contributed by atoms with Crippen LogP contribution in [-0.2, 0) is 9.53 Å². The standard InChI is InChI=1S/C13H17NO2/c1-10-3-5-11(6-4-10)12-7-14(8-12)13(15)9-16-2/h3-6,12H,7-9H2,1-2H3. The maximum absolute atomic E-state index is 11.5. The molecule has 2 rings (SSSR count). The van der Waals surface area contributed by atoms with Crippen molar-refractivity contribution in [2.75, 3.05) is 26.8 Å². The van der Waals surface area contributed by atoms with E-state index in [9.17, 15) is 4.79 Å². The first kappa shape index (κ1) is 11.1.